The number of ketones is 1. The van der Waals surface area contributed by atoms with Gasteiger partial charge in [0, 0.05) is 44.5 Å². The summed E-state index contributed by atoms with van der Waals surface area (Å²) in [4.78, 5) is 46.2. The second-order valence-electron chi connectivity index (χ2n) is 11.7. The number of hydrogen-bond acceptors (Lipinski definition) is 6. The highest BCUT2D eigenvalue weighted by Gasteiger charge is 2.27. The van der Waals surface area contributed by atoms with Gasteiger partial charge in [-0.3, -0.25) is 19.3 Å². The summed E-state index contributed by atoms with van der Waals surface area (Å²) in [5.74, 6) is -0.491. The zero-order valence-electron chi connectivity index (χ0n) is 25.2. The van der Waals surface area contributed by atoms with E-state index in [2.05, 4.69) is 48.1 Å². The Hall–Kier alpha value is -3.36. The van der Waals surface area contributed by atoms with E-state index in [1.165, 1.54) is 18.4 Å². The van der Waals surface area contributed by atoms with Crippen LogP contribution in [-0.4, -0.2) is 60.2 Å². The van der Waals surface area contributed by atoms with Crippen LogP contribution in [0.1, 0.15) is 68.0 Å². The van der Waals surface area contributed by atoms with Crippen molar-refractivity contribution in [2.75, 3.05) is 26.7 Å². The van der Waals surface area contributed by atoms with E-state index in [9.17, 15) is 14.4 Å². The van der Waals surface area contributed by atoms with Crippen molar-refractivity contribution in [3.05, 3.63) is 76.8 Å². The van der Waals surface area contributed by atoms with Crippen LogP contribution in [0, 0.1) is 5.92 Å². The minimum absolute atomic E-state index is 0.0476. The molecule has 1 saturated heterocycles. The van der Waals surface area contributed by atoms with Gasteiger partial charge in [0.15, 0.2) is 5.78 Å². The fraction of sp³-hybridized carbons (Fsp3) is 0.471. The molecule has 4 rings (SSSR count). The Morgan fingerprint density at radius 3 is 2.48 bits per heavy atom. The second-order valence-corrected chi connectivity index (χ2v) is 12.8. The minimum Gasteiger partial charge on any atom is -0.359 e. The lowest BCUT2D eigenvalue weighted by atomic mass is 9.95. The molecule has 0 unspecified atom stereocenters. The summed E-state index contributed by atoms with van der Waals surface area (Å²) in [6.07, 6.45) is 4.20. The summed E-state index contributed by atoms with van der Waals surface area (Å²) in [5, 5.41) is 6.71. The maximum absolute atomic E-state index is 13.7. The number of likely N-dealkylation sites (tertiary alicyclic amines) is 1. The number of carbonyl (C=O) groups excluding carboxylic acids is 3. The van der Waals surface area contributed by atoms with Gasteiger partial charge >= 0.3 is 0 Å². The van der Waals surface area contributed by atoms with Crippen LogP contribution in [0.25, 0.3) is 10.2 Å². The minimum atomic E-state index is -0.575. The third-order valence-electron chi connectivity index (χ3n) is 8.02. The van der Waals surface area contributed by atoms with E-state index in [0.717, 1.165) is 33.9 Å². The lowest BCUT2D eigenvalue weighted by Crippen LogP contribution is -2.42. The van der Waals surface area contributed by atoms with Crippen molar-refractivity contribution >= 4 is 39.2 Å². The van der Waals surface area contributed by atoms with Gasteiger partial charge < -0.3 is 10.6 Å². The van der Waals surface area contributed by atoms with Gasteiger partial charge in [0.05, 0.1) is 21.1 Å². The number of rotatable bonds is 15. The zero-order valence-corrected chi connectivity index (χ0v) is 26.0. The van der Waals surface area contributed by atoms with Crippen LogP contribution in [0.3, 0.4) is 0 Å². The molecule has 1 aliphatic rings. The normalized spacial score (nSPS) is 15.0. The number of benzene rings is 2. The largest absolute Gasteiger partial charge is 0.359 e. The molecule has 2 amide bonds. The Kier molecular flexibility index (Phi) is 11.4. The average Bonchev–Trinajstić information content (AvgIpc) is 3.64. The van der Waals surface area contributed by atoms with Gasteiger partial charge in [-0.1, -0.05) is 56.8 Å². The molecule has 0 aliphatic carbocycles. The van der Waals surface area contributed by atoms with E-state index in [4.69, 9.17) is 4.98 Å². The highest BCUT2D eigenvalue weighted by atomic mass is 32.1. The average molecular weight is 589 g/mol. The summed E-state index contributed by atoms with van der Waals surface area (Å²) in [6, 6.07) is 16.0. The van der Waals surface area contributed by atoms with Crippen LogP contribution < -0.4 is 10.6 Å². The van der Waals surface area contributed by atoms with Crippen molar-refractivity contribution in [3.8, 4) is 0 Å². The molecule has 2 N–H and O–H groups in total. The van der Waals surface area contributed by atoms with Crippen molar-refractivity contribution in [1.29, 1.82) is 0 Å². The van der Waals surface area contributed by atoms with Crippen LogP contribution >= 0.6 is 11.3 Å². The van der Waals surface area contributed by atoms with Gasteiger partial charge in [-0.2, -0.15) is 0 Å². The summed E-state index contributed by atoms with van der Waals surface area (Å²) in [6.45, 7) is 11.0. The number of carbonyl (C=O) groups is 3. The monoisotopic (exact) mass is 588 g/mol. The Morgan fingerprint density at radius 1 is 1.05 bits per heavy atom. The van der Waals surface area contributed by atoms with Crippen LogP contribution in [0.5, 0.6) is 0 Å². The number of hydrogen-bond donors (Lipinski definition) is 2. The first kappa shape index (κ1) is 31.6. The van der Waals surface area contributed by atoms with E-state index in [-0.39, 0.29) is 30.1 Å². The third-order valence-corrected chi connectivity index (χ3v) is 9.07. The maximum atomic E-state index is 13.7. The molecule has 1 fully saturated rings. The first-order valence-electron chi connectivity index (χ1n) is 15.1. The predicted octanol–water partition coefficient (Wildman–Crippen LogP) is 5.44. The zero-order chi connectivity index (χ0) is 30.1. The lowest BCUT2D eigenvalue weighted by Gasteiger charge is -2.23. The van der Waals surface area contributed by atoms with Crippen molar-refractivity contribution in [1.82, 2.24) is 20.5 Å². The molecule has 42 heavy (non-hydrogen) atoms. The van der Waals surface area contributed by atoms with E-state index in [1.807, 2.05) is 36.4 Å². The van der Waals surface area contributed by atoms with Crippen molar-refractivity contribution in [3.63, 3.8) is 0 Å². The molecule has 2 heterocycles. The van der Waals surface area contributed by atoms with Gasteiger partial charge in [0.2, 0.25) is 11.8 Å². The van der Waals surface area contributed by atoms with Crippen molar-refractivity contribution in [2.24, 2.45) is 5.92 Å². The smallest absolute Gasteiger partial charge is 0.224 e. The second kappa shape index (κ2) is 15.2. The molecule has 7 nitrogen and oxygen atoms in total. The number of nitrogens with zero attached hydrogens (tertiary/aromatic N) is 2. The summed E-state index contributed by atoms with van der Waals surface area (Å²) < 4.78 is 1.09. The quantitative estimate of drug-likeness (QED) is 0.231. The Labute approximate surface area is 253 Å². The van der Waals surface area contributed by atoms with Gasteiger partial charge in [-0.05, 0) is 68.0 Å². The van der Waals surface area contributed by atoms with E-state index >= 15 is 0 Å². The first-order chi connectivity index (χ1) is 20.2. The van der Waals surface area contributed by atoms with Crippen LogP contribution in [-0.2, 0) is 27.2 Å². The number of nitrogens with one attached hydrogen (secondary N) is 2. The van der Waals surface area contributed by atoms with Crippen LogP contribution in [0.2, 0.25) is 0 Å². The first-order valence-corrected chi connectivity index (χ1v) is 15.9. The van der Waals surface area contributed by atoms with E-state index < -0.39 is 5.92 Å². The number of aromatic nitrogens is 1. The number of fused-ring (bicyclic) bond motifs is 1. The molecule has 224 valence electrons. The molecule has 2 atom stereocenters. The Bertz CT molecular complexity index is 1380. The highest BCUT2D eigenvalue weighted by Crippen LogP contribution is 2.28. The summed E-state index contributed by atoms with van der Waals surface area (Å²) in [7, 11) is 1.58. The summed E-state index contributed by atoms with van der Waals surface area (Å²) >= 11 is 1.58. The fourth-order valence-corrected chi connectivity index (χ4v) is 6.55. The molecule has 1 aromatic heterocycles. The molecule has 2 aromatic carbocycles. The van der Waals surface area contributed by atoms with Crippen LogP contribution in [0.15, 0.2) is 60.7 Å². The number of thiazole rings is 1. The molecular weight excluding hydrogens is 544 g/mol. The molecular formula is C34H44N4O3S. The van der Waals surface area contributed by atoms with E-state index in [0.29, 0.717) is 43.7 Å². The number of Topliss-reactive ketones (excluding diaryl/α,β-unsaturated/α-hetero) is 1. The predicted molar refractivity (Wildman–Crippen MR) is 171 cm³/mol. The van der Waals surface area contributed by atoms with Gasteiger partial charge in [0.1, 0.15) is 0 Å². The van der Waals surface area contributed by atoms with Crippen molar-refractivity contribution < 1.29 is 14.4 Å². The third kappa shape index (κ3) is 9.07. The maximum Gasteiger partial charge on any atom is 0.224 e. The topological polar surface area (TPSA) is 91.4 Å². The fourth-order valence-electron chi connectivity index (χ4n) is 5.45. The molecule has 3 aromatic rings. The van der Waals surface area contributed by atoms with Gasteiger partial charge in [0.25, 0.3) is 0 Å². The van der Waals surface area contributed by atoms with Crippen molar-refractivity contribution in [2.45, 2.75) is 70.8 Å². The summed E-state index contributed by atoms with van der Waals surface area (Å²) in [5.41, 5.74) is 3.88. The molecule has 1 aliphatic heterocycles. The lowest BCUT2D eigenvalue weighted by molar-refractivity contribution is -0.130. The van der Waals surface area contributed by atoms with Gasteiger partial charge in [-0.25, -0.2) is 4.98 Å². The van der Waals surface area contributed by atoms with E-state index in [1.54, 1.807) is 18.4 Å². The molecule has 8 heteroatoms. The molecule has 0 bridgehead atoms. The molecule has 0 radical (unpaired) electrons. The highest BCUT2D eigenvalue weighted by molar-refractivity contribution is 7.18. The number of amides is 2. The SMILES string of the molecule is C=C(CN1CCCC1)C(=O)CC[C@H](Cc1ccccc1)NC(=O)[C@@H](CC(=O)NC)Cc1nc2ccc(C(C)C)cc2s1. The Morgan fingerprint density at radius 2 is 1.79 bits per heavy atom. The van der Waals surface area contributed by atoms with Crippen LogP contribution in [0.4, 0.5) is 0 Å². The van der Waals surface area contributed by atoms with Gasteiger partial charge in [-0.15, -0.1) is 11.3 Å². The molecule has 0 saturated carbocycles. The molecule has 0 spiro atoms. The standard InChI is InChI=1S/C34H44N4O3S/c1-23(2)26-12-14-29-31(19-26)42-33(37-29)21-27(20-32(40)35-4)34(41)36-28(18-25-10-6-5-7-11-25)13-15-30(39)24(3)22-38-16-8-9-17-38/h5-7,10-12,14,19,23,27-28H,3,8-9,13,15-18,20-22H2,1-2,4H3,(H,35,40)(H,36,41)/t27-,28+/m0/s1. The Balaban J connectivity index is 1.46.